The molecule has 88 heavy (non-hydrogen) atoms. The second kappa shape index (κ2) is 18.2. The molecular formula is C80H45BN6O. The predicted molar refractivity (Wildman–Crippen MR) is 363 cm³/mol. The van der Waals surface area contributed by atoms with Crippen molar-refractivity contribution >= 4 is 128 Å². The monoisotopic (exact) mass is 1120 g/mol. The Labute approximate surface area is 505 Å². The smallest absolute Gasteiger partial charge is 0.256 e. The van der Waals surface area contributed by atoms with Gasteiger partial charge in [0, 0.05) is 77.6 Å². The average Bonchev–Trinajstić information content (AvgIpc) is 1.07. The van der Waals surface area contributed by atoms with Gasteiger partial charge in [0.25, 0.3) is 6.71 Å². The number of hydrogen-bond donors (Lipinski definition) is 0. The van der Waals surface area contributed by atoms with Gasteiger partial charge in [0.2, 0.25) is 0 Å². The molecular weight excluding hydrogens is 1070 g/mol. The Morgan fingerprint density at radius 3 is 1.62 bits per heavy atom. The van der Waals surface area contributed by atoms with Crippen molar-refractivity contribution in [3.8, 4) is 62.3 Å². The third-order valence-electron chi connectivity index (χ3n) is 18.8. The number of fused-ring (bicyclic) bond motifs is 16. The first-order valence-corrected chi connectivity index (χ1v) is 29.8. The van der Waals surface area contributed by atoms with Crippen molar-refractivity contribution in [2.45, 2.75) is 0 Å². The molecule has 404 valence electrons. The van der Waals surface area contributed by atoms with Gasteiger partial charge in [-0.25, -0.2) is 4.85 Å². The lowest BCUT2D eigenvalue weighted by Gasteiger charge is -2.42. The quantitative estimate of drug-likeness (QED) is 0.123. The summed E-state index contributed by atoms with van der Waals surface area (Å²) in [5.74, 6) is 1.57. The zero-order valence-electron chi connectivity index (χ0n) is 47.1. The molecule has 0 unspecified atom stereocenters. The maximum atomic E-state index is 10.1. The zero-order valence-corrected chi connectivity index (χ0v) is 47.1. The van der Waals surface area contributed by atoms with Crippen molar-refractivity contribution in [2.24, 2.45) is 0 Å². The maximum Gasteiger partial charge on any atom is 0.256 e. The van der Waals surface area contributed by atoms with Crippen LogP contribution in [0.25, 0.3) is 131 Å². The van der Waals surface area contributed by atoms with Gasteiger partial charge in [-0.3, -0.25) is 0 Å². The number of benzene rings is 13. The Morgan fingerprint density at radius 1 is 0.386 bits per heavy atom. The molecule has 0 fully saturated rings. The van der Waals surface area contributed by atoms with E-state index in [0.29, 0.717) is 11.3 Å². The summed E-state index contributed by atoms with van der Waals surface area (Å²) in [6, 6.07) is 101. The number of aromatic nitrogens is 3. The summed E-state index contributed by atoms with van der Waals surface area (Å²) in [5, 5.41) is 19.2. The summed E-state index contributed by atoms with van der Waals surface area (Å²) in [6.45, 7) is 7.77. The Kier molecular flexibility index (Phi) is 9.99. The highest BCUT2D eigenvalue weighted by molar-refractivity contribution is 6.99. The minimum Gasteiger partial charge on any atom is -0.458 e. The first kappa shape index (κ1) is 48.3. The minimum absolute atomic E-state index is 0.256. The van der Waals surface area contributed by atoms with Crippen LogP contribution >= 0.6 is 0 Å². The van der Waals surface area contributed by atoms with Gasteiger partial charge < -0.3 is 23.2 Å². The van der Waals surface area contributed by atoms with E-state index in [1.807, 2.05) is 24.3 Å². The molecule has 2 aliphatic rings. The summed E-state index contributed by atoms with van der Waals surface area (Å²) < 4.78 is 14.7. The Bertz CT molecular complexity index is 5900. The van der Waals surface area contributed by atoms with E-state index in [1.165, 1.54) is 38.1 Å². The van der Waals surface area contributed by atoms with E-state index < -0.39 is 0 Å². The van der Waals surface area contributed by atoms with Gasteiger partial charge in [0.1, 0.15) is 11.5 Å². The van der Waals surface area contributed by atoms with E-state index in [2.05, 4.69) is 278 Å². The summed E-state index contributed by atoms with van der Waals surface area (Å²) in [5.41, 5.74) is 23.9. The van der Waals surface area contributed by atoms with Crippen LogP contribution in [0, 0.1) is 17.9 Å². The third kappa shape index (κ3) is 6.71. The highest BCUT2D eigenvalue weighted by Crippen LogP contribution is 2.51. The zero-order chi connectivity index (χ0) is 57.9. The van der Waals surface area contributed by atoms with Crippen molar-refractivity contribution in [3.63, 3.8) is 0 Å². The topological polar surface area (TPSA) is 54.9 Å². The molecule has 8 heteroatoms. The second-order valence-corrected chi connectivity index (χ2v) is 23.3. The molecule has 0 saturated carbocycles. The van der Waals surface area contributed by atoms with E-state index in [0.717, 1.165) is 133 Å². The van der Waals surface area contributed by atoms with E-state index >= 15 is 0 Å². The Hall–Kier alpha value is -12.1. The molecule has 0 amide bonds. The molecule has 6 heterocycles. The molecule has 13 aromatic carbocycles. The molecule has 19 rings (SSSR count). The Balaban J connectivity index is 0.920. The molecule has 0 bridgehead atoms. The molecule has 0 saturated heterocycles. The van der Waals surface area contributed by atoms with E-state index in [1.54, 1.807) is 0 Å². The van der Waals surface area contributed by atoms with Crippen LogP contribution < -0.4 is 26.0 Å². The normalized spacial score (nSPS) is 12.6. The van der Waals surface area contributed by atoms with Gasteiger partial charge in [-0.2, -0.15) is 5.26 Å². The summed E-state index contributed by atoms with van der Waals surface area (Å²) in [4.78, 5) is 6.43. The molecule has 0 N–H and O–H groups in total. The molecule has 0 radical (unpaired) electrons. The number of nitrogens with zero attached hydrogens (tertiary/aromatic N) is 6. The van der Waals surface area contributed by atoms with Crippen molar-refractivity contribution in [2.75, 3.05) is 4.90 Å². The van der Waals surface area contributed by atoms with Crippen LogP contribution in [0.3, 0.4) is 0 Å². The number of rotatable bonds is 6. The van der Waals surface area contributed by atoms with Crippen LogP contribution in [-0.2, 0) is 0 Å². The summed E-state index contributed by atoms with van der Waals surface area (Å²) in [7, 11) is 0. The van der Waals surface area contributed by atoms with Gasteiger partial charge >= 0.3 is 0 Å². The number of para-hydroxylation sites is 5. The van der Waals surface area contributed by atoms with Crippen LogP contribution in [-0.4, -0.2) is 20.2 Å². The van der Waals surface area contributed by atoms with E-state index in [4.69, 9.17) is 11.3 Å². The van der Waals surface area contributed by atoms with Crippen LogP contribution in [0.1, 0.15) is 5.56 Å². The largest absolute Gasteiger partial charge is 0.458 e. The summed E-state index contributed by atoms with van der Waals surface area (Å²) in [6.07, 6.45) is 0. The highest BCUT2D eigenvalue weighted by atomic mass is 16.5. The molecule has 0 atom stereocenters. The van der Waals surface area contributed by atoms with Gasteiger partial charge in [-0.05, 0) is 135 Å². The lowest BCUT2D eigenvalue weighted by molar-refractivity contribution is 0.487. The molecule has 7 nitrogen and oxygen atoms in total. The van der Waals surface area contributed by atoms with Crippen LogP contribution in [0.5, 0.6) is 11.5 Å². The first-order valence-electron chi connectivity index (χ1n) is 29.8. The van der Waals surface area contributed by atoms with Crippen molar-refractivity contribution in [1.29, 1.82) is 5.26 Å². The van der Waals surface area contributed by atoms with Crippen LogP contribution in [0.4, 0.5) is 22.7 Å². The van der Waals surface area contributed by atoms with Crippen molar-refractivity contribution < 1.29 is 4.74 Å². The molecule has 4 aromatic heterocycles. The molecule has 2 aliphatic heterocycles. The Morgan fingerprint density at radius 2 is 0.932 bits per heavy atom. The first-order chi connectivity index (χ1) is 43.6. The van der Waals surface area contributed by atoms with Crippen LogP contribution in [0.15, 0.2) is 273 Å². The summed E-state index contributed by atoms with van der Waals surface area (Å²) >= 11 is 0. The van der Waals surface area contributed by atoms with Crippen molar-refractivity contribution in [1.82, 2.24) is 13.5 Å². The number of hydrogen-bond acceptors (Lipinski definition) is 3. The molecule has 0 spiro atoms. The van der Waals surface area contributed by atoms with Gasteiger partial charge in [0.15, 0.2) is 5.69 Å². The van der Waals surface area contributed by atoms with E-state index in [-0.39, 0.29) is 6.71 Å². The fourth-order valence-corrected chi connectivity index (χ4v) is 15.1. The lowest BCUT2D eigenvalue weighted by Crippen LogP contribution is -2.59. The highest BCUT2D eigenvalue weighted by Gasteiger charge is 2.44. The standard InChI is InChI=1S/C80H45BN6O/c1-83-53-32-39-72-65(44-53)60-22-10-12-28-69(60)84(72)54-33-35-66-74(45-54)87(79-56(49-16-4-2-5-17-49)23-14-24-57(79)50-18-6-3-7-19-50)75-42-52(51-31-38-73-64(41-51)62-26-15-25-61-58-20-8-13-29-70(58)86(73)80(61)62)43-77-78(75)81(66)67-36-34-55(46-76(67)88-77)85-68-27-11-9-21-59(68)63-40-48(47-82)30-37-71(63)85/h2-46H. The number of nitriles is 1. The van der Waals surface area contributed by atoms with Gasteiger partial charge in [-0.1, -0.05) is 176 Å². The van der Waals surface area contributed by atoms with E-state index in [9.17, 15) is 5.26 Å². The molecule has 0 aliphatic carbocycles. The second-order valence-electron chi connectivity index (χ2n) is 23.3. The number of anilines is 3. The average molecular weight is 1120 g/mol. The number of ether oxygens (including phenoxy) is 1. The van der Waals surface area contributed by atoms with Crippen molar-refractivity contribution in [3.05, 3.63) is 290 Å². The molecule has 17 aromatic rings. The predicted octanol–water partition coefficient (Wildman–Crippen LogP) is 18.9. The lowest BCUT2D eigenvalue weighted by atomic mass is 9.34. The fraction of sp³-hybridized carbons (Fsp3) is 0. The third-order valence-corrected chi connectivity index (χ3v) is 18.8. The minimum atomic E-state index is -0.256. The van der Waals surface area contributed by atoms with Crippen LogP contribution in [0.2, 0.25) is 0 Å². The fourth-order valence-electron chi connectivity index (χ4n) is 15.1. The van der Waals surface area contributed by atoms with Gasteiger partial charge in [0.05, 0.1) is 62.5 Å². The maximum absolute atomic E-state index is 10.1. The SMILES string of the molecule is [C-]#[N+]c1ccc2c(c1)c1ccccc1n2-c1ccc2c(c1)N(c1c(-c3ccccc3)cccc1-c1ccccc1)c1cc(-c3ccc4c(c3)c3cccc5c6ccccc6n4c53)cc3c1B2c1ccc(-n2c4ccccc4c4cc(C#N)ccc42)cc1O3. The van der Waals surface area contributed by atoms with Gasteiger partial charge in [-0.15, -0.1) is 0 Å².